The summed E-state index contributed by atoms with van der Waals surface area (Å²) in [7, 11) is 0. The second-order valence-electron chi connectivity index (χ2n) is 4.87. The van der Waals surface area contributed by atoms with Gasteiger partial charge >= 0.3 is 0 Å². The van der Waals surface area contributed by atoms with Crippen LogP contribution in [0.4, 0.5) is 0 Å². The van der Waals surface area contributed by atoms with E-state index in [1.807, 2.05) is 13.1 Å². The lowest BCUT2D eigenvalue weighted by molar-refractivity contribution is 0.146. The number of nitrogens with one attached hydrogen (secondary N) is 1. The normalized spacial score (nSPS) is 11.3. The van der Waals surface area contributed by atoms with Crippen LogP contribution in [0.1, 0.15) is 38.8 Å². The third-order valence-corrected chi connectivity index (χ3v) is 2.60. The molecular formula is C14H26N2O2. The minimum atomic E-state index is 0.705. The van der Waals surface area contributed by atoms with Crippen molar-refractivity contribution in [2.75, 3.05) is 26.3 Å². The van der Waals surface area contributed by atoms with Crippen molar-refractivity contribution in [3.8, 4) is 0 Å². The number of nitrogens with zero attached hydrogens (tertiary/aromatic N) is 1. The second-order valence-corrected chi connectivity index (χ2v) is 4.87. The molecule has 1 rings (SSSR count). The van der Waals surface area contributed by atoms with Crippen LogP contribution in [0.25, 0.3) is 0 Å². The Bertz CT molecular complexity index is 310. The van der Waals surface area contributed by atoms with E-state index in [0.717, 1.165) is 50.6 Å². The highest BCUT2D eigenvalue weighted by Gasteiger charge is 2.03. The Morgan fingerprint density at radius 1 is 1.39 bits per heavy atom. The molecule has 0 spiro atoms. The van der Waals surface area contributed by atoms with Gasteiger partial charge in [0, 0.05) is 19.4 Å². The predicted octanol–water partition coefficient (Wildman–Crippen LogP) is 2.43. The number of oxazole rings is 1. The highest BCUT2D eigenvalue weighted by molar-refractivity contribution is 4.94. The first-order valence-corrected chi connectivity index (χ1v) is 6.94. The number of rotatable bonds is 10. The molecule has 0 saturated heterocycles. The molecule has 1 heterocycles. The Labute approximate surface area is 110 Å². The maximum Gasteiger partial charge on any atom is 0.194 e. The van der Waals surface area contributed by atoms with E-state index in [9.17, 15) is 0 Å². The molecule has 0 saturated carbocycles. The largest absolute Gasteiger partial charge is 0.446 e. The van der Waals surface area contributed by atoms with Crippen LogP contribution in [0.3, 0.4) is 0 Å². The van der Waals surface area contributed by atoms with Crippen molar-refractivity contribution < 1.29 is 9.15 Å². The van der Waals surface area contributed by atoms with Gasteiger partial charge in [0.1, 0.15) is 5.76 Å². The second kappa shape index (κ2) is 9.11. The molecule has 0 radical (unpaired) electrons. The summed E-state index contributed by atoms with van der Waals surface area (Å²) in [5.41, 5.74) is 0. The molecule has 4 heteroatoms. The Morgan fingerprint density at radius 2 is 2.22 bits per heavy atom. The van der Waals surface area contributed by atoms with Crippen LogP contribution in [0.5, 0.6) is 0 Å². The molecular weight excluding hydrogens is 228 g/mol. The van der Waals surface area contributed by atoms with E-state index >= 15 is 0 Å². The summed E-state index contributed by atoms with van der Waals surface area (Å²) >= 11 is 0. The summed E-state index contributed by atoms with van der Waals surface area (Å²) < 4.78 is 10.9. The zero-order chi connectivity index (χ0) is 13.2. The minimum Gasteiger partial charge on any atom is -0.446 e. The first-order chi connectivity index (χ1) is 8.72. The van der Waals surface area contributed by atoms with Crippen molar-refractivity contribution in [1.82, 2.24) is 10.3 Å². The quantitative estimate of drug-likeness (QED) is 0.651. The molecule has 0 atom stereocenters. The average Bonchev–Trinajstić information content (AvgIpc) is 2.77. The summed E-state index contributed by atoms with van der Waals surface area (Å²) in [4.78, 5) is 4.28. The smallest absolute Gasteiger partial charge is 0.194 e. The molecule has 0 aromatic carbocycles. The summed E-state index contributed by atoms with van der Waals surface area (Å²) in [6, 6.07) is 0. The lowest BCUT2D eigenvalue weighted by atomic mass is 10.2. The van der Waals surface area contributed by atoms with Gasteiger partial charge in [-0.2, -0.15) is 0 Å². The van der Waals surface area contributed by atoms with Gasteiger partial charge in [-0.05, 0) is 32.4 Å². The Balaban J connectivity index is 2.11. The summed E-state index contributed by atoms with van der Waals surface area (Å²) in [5, 5.41) is 3.41. The van der Waals surface area contributed by atoms with Gasteiger partial charge in [-0.1, -0.05) is 13.8 Å². The van der Waals surface area contributed by atoms with Crippen LogP contribution in [0.2, 0.25) is 0 Å². The van der Waals surface area contributed by atoms with Gasteiger partial charge in [-0.3, -0.25) is 0 Å². The van der Waals surface area contributed by atoms with E-state index in [1.165, 1.54) is 0 Å². The van der Waals surface area contributed by atoms with Gasteiger partial charge in [0.05, 0.1) is 12.8 Å². The van der Waals surface area contributed by atoms with Gasteiger partial charge in [0.25, 0.3) is 0 Å². The molecule has 0 fully saturated rings. The number of hydrogen-bond donors (Lipinski definition) is 1. The maximum absolute atomic E-state index is 5.64. The van der Waals surface area contributed by atoms with Gasteiger partial charge in [-0.15, -0.1) is 0 Å². The molecule has 104 valence electrons. The van der Waals surface area contributed by atoms with Crippen LogP contribution in [0, 0.1) is 5.92 Å². The molecule has 0 aliphatic rings. The van der Waals surface area contributed by atoms with Gasteiger partial charge < -0.3 is 14.5 Å². The molecule has 18 heavy (non-hydrogen) atoms. The predicted molar refractivity (Wildman–Crippen MR) is 72.7 cm³/mol. The summed E-state index contributed by atoms with van der Waals surface area (Å²) in [6.45, 7) is 9.98. The highest BCUT2D eigenvalue weighted by Crippen LogP contribution is 2.06. The van der Waals surface area contributed by atoms with Crippen molar-refractivity contribution in [2.24, 2.45) is 5.92 Å². The standard InChI is InChI=1S/C14H26N2O2/c1-4-17-9-7-13-11-16-14(18-13)6-5-8-15-10-12(2)3/h11-12,15H,4-10H2,1-3H3. The Kier molecular flexibility index (Phi) is 7.69. The molecule has 1 N–H and O–H groups in total. The summed E-state index contributed by atoms with van der Waals surface area (Å²) in [5.74, 6) is 2.47. The molecule has 0 unspecified atom stereocenters. The monoisotopic (exact) mass is 254 g/mol. The average molecular weight is 254 g/mol. The number of aromatic nitrogens is 1. The fourth-order valence-electron chi connectivity index (χ4n) is 1.65. The van der Waals surface area contributed by atoms with E-state index in [2.05, 4.69) is 24.1 Å². The molecule has 1 aromatic rings. The lowest BCUT2D eigenvalue weighted by Crippen LogP contribution is -2.21. The van der Waals surface area contributed by atoms with E-state index in [4.69, 9.17) is 9.15 Å². The van der Waals surface area contributed by atoms with Crippen molar-refractivity contribution in [3.63, 3.8) is 0 Å². The first kappa shape index (κ1) is 15.2. The number of hydrogen-bond acceptors (Lipinski definition) is 4. The van der Waals surface area contributed by atoms with Gasteiger partial charge in [0.2, 0.25) is 0 Å². The topological polar surface area (TPSA) is 47.3 Å². The highest BCUT2D eigenvalue weighted by atomic mass is 16.5. The molecule has 1 aromatic heterocycles. The van der Waals surface area contributed by atoms with Crippen LogP contribution in [-0.4, -0.2) is 31.3 Å². The Morgan fingerprint density at radius 3 is 2.94 bits per heavy atom. The van der Waals surface area contributed by atoms with Gasteiger partial charge in [0.15, 0.2) is 5.89 Å². The molecule has 0 aliphatic carbocycles. The maximum atomic E-state index is 5.64. The third-order valence-electron chi connectivity index (χ3n) is 2.60. The van der Waals surface area contributed by atoms with E-state index in [0.29, 0.717) is 12.5 Å². The molecule has 0 amide bonds. The summed E-state index contributed by atoms with van der Waals surface area (Å²) in [6.07, 6.45) is 4.60. The number of ether oxygens (including phenoxy) is 1. The van der Waals surface area contributed by atoms with E-state index in [-0.39, 0.29) is 0 Å². The van der Waals surface area contributed by atoms with Crippen molar-refractivity contribution in [3.05, 3.63) is 17.8 Å². The number of aryl methyl sites for hydroxylation is 1. The van der Waals surface area contributed by atoms with E-state index in [1.54, 1.807) is 0 Å². The Hall–Kier alpha value is -0.870. The van der Waals surface area contributed by atoms with Crippen LogP contribution in [0.15, 0.2) is 10.6 Å². The van der Waals surface area contributed by atoms with Gasteiger partial charge in [-0.25, -0.2) is 4.98 Å². The lowest BCUT2D eigenvalue weighted by Gasteiger charge is -2.05. The van der Waals surface area contributed by atoms with Crippen molar-refractivity contribution in [2.45, 2.75) is 40.0 Å². The molecule has 4 nitrogen and oxygen atoms in total. The molecule has 0 bridgehead atoms. The fourth-order valence-corrected chi connectivity index (χ4v) is 1.65. The van der Waals surface area contributed by atoms with Crippen molar-refractivity contribution >= 4 is 0 Å². The van der Waals surface area contributed by atoms with Crippen LogP contribution >= 0.6 is 0 Å². The van der Waals surface area contributed by atoms with Crippen LogP contribution < -0.4 is 5.32 Å². The molecule has 0 aliphatic heterocycles. The third kappa shape index (κ3) is 6.77. The zero-order valence-electron chi connectivity index (χ0n) is 11.9. The SMILES string of the molecule is CCOCCc1cnc(CCCNCC(C)C)o1. The minimum absolute atomic E-state index is 0.705. The van der Waals surface area contributed by atoms with E-state index < -0.39 is 0 Å². The fraction of sp³-hybridized carbons (Fsp3) is 0.786. The first-order valence-electron chi connectivity index (χ1n) is 6.94. The van der Waals surface area contributed by atoms with Crippen LogP contribution in [-0.2, 0) is 17.6 Å². The zero-order valence-corrected chi connectivity index (χ0v) is 11.9. The van der Waals surface area contributed by atoms with Crippen molar-refractivity contribution in [1.29, 1.82) is 0 Å².